The molecule has 3 aromatic rings. The summed E-state index contributed by atoms with van der Waals surface area (Å²) in [6.45, 7) is 3.71. The molecule has 3 rings (SSSR count). The summed E-state index contributed by atoms with van der Waals surface area (Å²) in [6, 6.07) is 16.4. The quantitative estimate of drug-likeness (QED) is 0.623. The lowest BCUT2D eigenvalue weighted by Gasteiger charge is -2.14. The zero-order valence-corrected chi connectivity index (χ0v) is 15.8. The fourth-order valence-corrected chi connectivity index (χ4v) is 2.69. The van der Waals surface area contributed by atoms with Gasteiger partial charge in [-0.25, -0.2) is 0 Å². The van der Waals surface area contributed by atoms with Gasteiger partial charge in [-0.15, -0.1) is 0 Å². The Morgan fingerprint density at radius 1 is 1.14 bits per heavy atom. The van der Waals surface area contributed by atoms with E-state index in [1.54, 1.807) is 12.1 Å². The number of amides is 1. The molecular formula is C21H23N3O4. The highest BCUT2D eigenvalue weighted by molar-refractivity contribution is 5.90. The number of carbonyl (C=O) groups is 1. The van der Waals surface area contributed by atoms with E-state index in [2.05, 4.69) is 15.5 Å². The third kappa shape index (κ3) is 5.17. The molecule has 0 radical (unpaired) electrons. The van der Waals surface area contributed by atoms with Gasteiger partial charge in [-0.1, -0.05) is 35.5 Å². The SMILES string of the molecule is CC(C)Oc1ccc(-c2noc(C(=O)N[C@H](CO)Cc3ccccc3)n2)cc1. The number of hydrogen-bond acceptors (Lipinski definition) is 6. The molecule has 146 valence electrons. The number of hydrogen-bond donors (Lipinski definition) is 2. The maximum atomic E-state index is 12.4. The number of carbonyl (C=O) groups excluding carboxylic acids is 1. The van der Waals surface area contributed by atoms with E-state index >= 15 is 0 Å². The van der Waals surface area contributed by atoms with E-state index in [1.807, 2.05) is 56.3 Å². The fourth-order valence-electron chi connectivity index (χ4n) is 2.69. The molecule has 7 heteroatoms. The Hall–Kier alpha value is -3.19. The second-order valence-electron chi connectivity index (χ2n) is 6.66. The van der Waals surface area contributed by atoms with Gasteiger partial charge in [-0.05, 0) is 50.1 Å². The minimum atomic E-state index is -0.520. The number of aliphatic hydroxyl groups is 1. The van der Waals surface area contributed by atoms with Gasteiger partial charge in [0.2, 0.25) is 5.82 Å². The number of nitrogens with one attached hydrogen (secondary N) is 1. The minimum Gasteiger partial charge on any atom is -0.491 e. The molecular weight excluding hydrogens is 358 g/mol. The second kappa shape index (κ2) is 9.14. The molecule has 0 spiro atoms. The molecule has 0 saturated heterocycles. The monoisotopic (exact) mass is 381 g/mol. The summed E-state index contributed by atoms with van der Waals surface area (Å²) in [5.74, 6) is 0.384. The van der Waals surface area contributed by atoms with Crippen LogP contribution in [0.15, 0.2) is 59.1 Å². The summed E-state index contributed by atoms with van der Waals surface area (Å²) in [5, 5.41) is 16.1. The van der Waals surface area contributed by atoms with Gasteiger partial charge in [0.1, 0.15) is 5.75 Å². The van der Waals surface area contributed by atoms with Crippen molar-refractivity contribution in [2.24, 2.45) is 0 Å². The Balaban J connectivity index is 1.64. The predicted octanol–water partition coefficient (Wildman–Crippen LogP) is 2.86. The number of aliphatic hydroxyl groups excluding tert-OH is 1. The molecule has 1 heterocycles. The second-order valence-corrected chi connectivity index (χ2v) is 6.66. The maximum Gasteiger partial charge on any atom is 0.316 e. The highest BCUT2D eigenvalue weighted by Crippen LogP contribution is 2.20. The van der Waals surface area contributed by atoms with Crippen LogP contribution in [-0.4, -0.2) is 39.9 Å². The van der Waals surface area contributed by atoms with Gasteiger partial charge in [0.25, 0.3) is 0 Å². The maximum absolute atomic E-state index is 12.4. The van der Waals surface area contributed by atoms with Crippen molar-refractivity contribution in [1.82, 2.24) is 15.5 Å². The summed E-state index contributed by atoms with van der Waals surface area (Å²) < 4.78 is 10.7. The van der Waals surface area contributed by atoms with Crippen molar-refractivity contribution in [1.29, 1.82) is 0 Å². The normalized spacial score (nSPS) is 12.0. The van der Waals surface area contributed by atoms with Gasteiger partial charge in [-0.3, -0.25) is 4.79 Å². The van der Waals surface area contributed by atoms with Gasteiger partial charge < -0.3 is 19.7 Å². The van der Waals surface area contributed by atoms with Crippen LogP contribution in [0.3, 0.4) is 0 Å². The molecule has 7 nitrogen and oxygen atoms in total. The molecule has 0 aliphatic heterocycles. The van der Waals surface area contributed by atoms with Crippen LogP contribution in [0.5, 0.6) is 5.75 Å². The van der Waals surface area contributed by atoms with Gasteiger partial charge in [0, 0.05) is 5.56 Å². The largest absolute Gasteiger partial charge is 0.491 e. The van der Waals surface area contributed by atoms with Crippen LogP contribution in [0.4, 0.5) is 0 Å². The van der Waals surface area contributed by atoms with E-state index in [9.17, 15) is 9.90 Å². The Kier molecular flexibility index (Phi) is 6.39. The fraction of sp³-hybridized carbons (Fsp3) is 0.286. The smallest absolute Gasteiger partial charge is 0.316 e. The van der Waals surface area contributed by atoms with Crippen LogP contribution < -0.4 is 10.1 Å². The van der Waals surface area contributed by atoms with E-state index in [4.69, 9.17) is 9.26 Å². The molecule has 0 unspecified atom stereocenters. The van der Waals surface area contributed by atoms with Gasteiger partial charge in [0.15, 0.2) is 0 Å². The Morgan fingerprint density at radius 3 is 2.50 bits per heavy atom. The van der Waals surface area contributed by atoms with Crippen LogP contribution in [0, 0.1) is 0 Å². The molecule has 2 N–H and O–H groups in total. The summed E-state index contributed by atoms with van der Waals surface area (Å²) in [4.78, 5) is 16.5. The van der Waals surface area contributed by atoms with Crippen LogP contribution in [0.1, 0.15) is 30.1 Å². The highest BCUT2D eigenvalue weighted by atomic mass is 16.5. The average molecular weight is 381 g/mol. The zero-order valence-electron chi connectivity index (χ0n) is 15.8. The topological polar surface area (TPSA) is 97.5 Å². The van der Waals surface area contributed by atoms with E-state index in [1.165, 1.54) is 0 Å². The highest BCUT2D eigenvalue weighted by Gasteiger charge is 2.20. The van der Waals surface area contributed by atoms with Crippen LogP contribution in [0.2, 0.25) is 0 Å². The van der Waals surface area contributed by atoms with Crippen LogP contribution >= 0.6 is 0 Å². The predicted molar refractivity (Wildman–Crippen MR) is 104 cm³/mol. The van der Waals surface area contributed by atoms with Crippen molar-refractivity contribution in [2.45, 2.75) is 32.4 Å². The van der Waals surface area contributed by atoms with Crippen molar-refractivity contribution < 1.29 is 19.2 Å². The van der Waals surface area contributed by atoms with Gasteiger partial charge in [-0.2, -0.15) is 4.98 Å². The van der Waals surface area contributed by atoms with E-state index in [0.29, 0.717) is 17.8 Å². The van der Waals surface area contributed by atoms with Crippen molar-refractivity contribution in [3.63, 3.8) is 0 Å². The lowest BCUT2D eigenvalue weighted by atomic mass is 10.1. The first-order valence-electron chi connectivity index (χ1n) is 9.11. The molecule has 0 saturated carbocycles. The third-order valence-electron chi connectivity index (χ3n) is 3.99. The first-order valence-corrected chi connectivity index (χ1v) is 9.11. The van der Waals surface area contributed by atoms with Crippen LogP contribution in [0.25, 0.3) is 11.4 Å². The van der Waals surface area contributed by atoms with Gasteiger partial charge in [0.05, 0.1) is 18.8 Å². The molecule has 1 atom stereocenters. The first kappa shape index (κ1) is 19.6. The van der Waals surface area contributed by atoms with Crippen molar-refractivity contribution >= 4 is 5.91 Å². The molecule has 2 aromatic carbocycles. The lowest BCUT2D eigenvalue weighted by Crippen LogP contribution is -2.39. The molecule has 28 heavy (non-hydrogen) atoms. The van der Waals surface area contributed by atoms with Crippen molar-refractivity contribution in [2.75, 3.05) is 6.61 Å². The number of ether oxygens (including phenoxy) is 1. The Labute approximate surface area is 163 Å². The number of rotatable bonds is 8. The first-order chi connectivity index (χ1) is 13.5. The summed E-state index contributed by atoms with van der Waals surface area (Å²) >= 11 is 0. The Bertz CT molecular complexity index is 892. The van der Waals surface area contributed by atoms with E-state index in [0.717, 1.165) is 11.3 Å². The van der Waals surface area contributed by atoms with Gasteiger partial charge >= 0.3 is 11.8 Å². The molecule has 1 amide bonds. The summed E-state index contributed by atoms with van der Waals surface area (Å²) in [7, 11) is 0. The summed E-state index contributed by atoms with van der Waals surface area (Å²) in [6.07, 6.45) is 0.586. The number of nitrogens with zero attached hydrogens (tertiary/aromatic N) is 2. The Morgan fingerprint density at radius 2 is 1.86 bits per heavy atom. The van der Waals surface area contributed by atoms with E-state index < -0.39 is 11.9 Å². The minimum absolute atomic E-state index is 0.0849. The van der Waals surface area contributed by atoms with Crippen molar-refractivity contribution in [3.05, 3.63) is 66.1 Å². The molecule has 0 fully saturated rings. The average Bonchev–Trinajstić information content (AvgIpc) is 3.19. The standard InChI is InChI=1S/C21H23N3O4/c1-14(2)27-18-10-8-16(9-11-18)19-23-21(28-24-19)20(26)22-17(13-25)12-15-6-4-3-5-7-15/h3-11,14,17,25H,12-13H2,1-2H3,(H,22,26)/t17-/m0/s1. The summed E-state index contributed by atoms with van der Waals surface area (Å²) in [5.41, 5.74) is 1.72. The molecule has 0 bridgehead atoms. The zero-order chi connectivity index (χ0) is 19.9. The third-order valence-corrected chi connectivity index (χ3v) is 3.99. The lowest BCUT2D eigenvalue weighted by molar-refractivity contribution is 0.0872. The molecule has 0 aliphatic rings. The van der Waals surface area contributed by atoms with E-state index in [-0.39, 0.29) is 18.6 Å². The van der Waals surface area contributed by atoms with Crippen LogP contribution in [-0.2, 0) is 6.42 Å². The molecule has 0 aliphatic carbocycles. The molecule has 1 aromatic heterocycles. The number of aromatic nitrogens is 2. The number of benzene rings is 2. The van der Waals surface area contributed by atoms with Crippen molar-refractivity contribution in [3.8, 4) is 17.1 Å².